The minimum Gasteiger partial charge on any atom is -0.466 e. The molecule has 1 heterocycles. The summed E-state index contributed by atoms with van der Waals surface area (Å²) in [5.74, 6) is -0.874. The Labute approximate surface area is 74.9 Å². The SMILES string of the molecule is COC(=O)C=Cc1ccc(F)cn1. The number of ether oxygens (including phenoxy) is 1. The molecule has 0 fully saturated rings. The predicted octanol–water partition coefficient (Wildman–Crippen LogP) is 1.41. The van der Waals surface area contributed by atoms with Crippen LogP contribution in [-0.2, 0) is 9.53 Å². The second kappa shape index (κ2) is 4.35. The van der Waals surface area contributed by atoms with Gasteiger partial charge in [-0.05, 0) is 18.2 Å². The normalized spacial score (nSPS) is 10.3. The first-order chi connectivity index (χ1) is 6.22. The summed E-state index contributed by atoms with van der Waals surface area (Å²) < 4.78 is 16.7. The van der Waals surface area contributed by atoms with E-state index in [1.807, 2.05) is 0 Å². The van der Waals surface area contributed by atoms with E-state index in [4.69, 9.17) is 0 Å². The van der Waals surface area contributed by atoms with Gasteiger partial charge >= 0.3 is 5.97 Å². The van der Waals surface area contributed by atoms with E-state index in [1.54, 1.807) is 0 Å². The van der Waals surface area contributed by atoms with Crippen LogP contribution < -0.4 is 0 Å². The quantitative estimate of drug-likeness (QED) is 0.511. The van der Waals surface area contributed by atoms with Gasteiger partial charge in [-0.25, -0.2) is 9.18 Å². The predicted molar refractivity (Wildman–Crippen MR) is 45.2 cm³/mol. The number of methoxy groups -OCH3 is 1. The molecule has 0 atom stereocenters. The fourth-order valence-corrected chi connectivity index (χ4v) is 0.707. The van der Waals surface area contributed by atoms with Gasteiger partial charge in [0.2, 0.25) is 0 Å². The molecule has 1 aromatic heterocycles. The summed E-state index contributed by atoms with van der Waals surface area (Å²) >= 11 is 0. The van der Waals surface area contributed by atoms with Crippen molar-refractivity contribution >= 4 is 12.0 Å². The van der Waals surface area contributed by atoms with Crippen molar-refractivity contribution in [3.8, 4) is 0 Å². The van der Waals surface area contributed by atoms with Crippen LogP contribution in [0.2, 0.25) is 0 Å². The van der Waals surface area contributed by atoms with Crippen molar-refractivity contribution in [2.75, 3.05) is 7.11 Å². The average molecular weight is 181 g/mol. The van der Waals surface area contributed by atoms with Crippen molar-refractivity contribution in [1.29, 1.82) is 0 Å². The highest BCUT2D eigenvalue weighted by molar-refractivity contribution is 5.86. The van der Waals surface area contributed by atoms with Gasteiger partial charge in [0.1, 0.15) is 5.82 Å². The van der Waals surface area contributed by atoms with Crippen molar-refractivity contribution < 1.29 is 13.9 Å². The lowest BCUT2D eigenvalue weighted by Crippen LogP contribution is -1.93. The highest BCUT2D eigenvalue weighted by Gasteiger charge is 1.93. The van der Waals surface area contributed by atoms with Gasteiger partial charge in [0, 0.05) is 6.08 Å². The first-order valence-corrected chi connectivity index (χ1v) is 3.60. The molecule has 0 aromatic carbocycles. The Morgan fingerprint density at radius 1 is 1.62 bits per heavy atom. The molecule has 0 spiro atoms. The summed E-state index contributed by atoms with van der Waals surface area (Å²) in [6.07, 6.45) is 3.75. The van der Waals surface area contributed by atoms with Crippen LogP contribution in [0.15, 0.2) is 24.4 Å². The molecule has 1 rings (SSSR count). The van der Waals surface area contributed by atoms with Gasteiger partial charge in [0.05, 0.1) is 19.0 Å². The molecule has 0 aliphatic heterocycles. The summed E-state index contributed by atoms with van der Waals surface area (Å²) in [7, 11) is 1.28. The Kier molecular flexibility index (Phi) is 3.14. The van der Waals surface area contributed by atoms with Gasteiger partial charge in [-0.2, -0.15) is 0 Å². The Balaban J connectivity index is 2.69. The van der Waals surface area contributed by atoms with Crippen molar-refractivity contribution in [2.24, 2.45) is 0 Å². The summed E-state index contributed by atoms with van der Waals surface area (Å²) in [5, 5.41) is 0. The second-order valence-electron chi connectivity index (χ2n) is 2.26. The van der Waals surface area contributed by atoms with Crippen molar-refractivity contribution in [3.63, 3.8) is 0 Å². The molecule has 0 aliphatic carbocycles. The summed E-state index contributed by atoms with van der Waals surface area (Å²) in [4.78, 5) is 14.4. The Bertz CT molecular complexity index is 319. The number of aromatic nitrogens is 1. The third-order valence-electron chi connectivity index (χ3n) is 1.34. The molecule has 0 bridgehead atoms. The van der Waals surface area contributed by atoms with Crippen LogP contribution in [-0.4, -0.2) is 18.1 Å². The maximum absolute atomic E-state index is 12.4. The minimum absolute atomic E-state index is 0.407. The van der Waals surface area contributed by atoms with E-state index in [1.165, 1.54) is 31.4 Å². The molecule has 0 unspecified atom stereocenters. The number of halogens is 1. The Morgan fingerprint density at radius 3 is 2.92 bits per heavy atom. The van der Waals surface area contributed by atoms with E-state index >= 15 is 0 Å². The number of esters is 1. The summed E-state index contributed by atoms with van der Waals surface area (Å²) in [6.45, 7) is 0. The monoisotopic (exact) mass is 181 g/mol. The maximum Gasteiger partial charge on any atom is 0.330 e. The number of hydrogen-bond donors (Lipinski definition) is 0. The van der Waals surface area contributed by atoms with Crippen LogP contribution in [0.25, 0.3) is 6.08 Å². The van der Waals surface area contributed by atoms with Gasteiger partial charge in [-0.1, -0.05) is 0 Å². The molecule has 3 nitrogen and oxygen atoms in total. The van der Waals surface area contributed by atoms with Crippen molar-refractivity contribution in [1.82, 2.24) is 4.98 Å². The van der Waals surface area contributed by atoms with Gasteiger partial charge in [-0.3, -0.25) is 4.98 Å². The number of nitrogens with zero attached hydrogens (tertiary/aromatic N) is 1. The topological polar surface area (TPSA) is 39.2 Å². The third kappa shape index (κ3) is 3.02. The number of rotatable bonds is 2. The van der Waals surface area contributed by atoms with Gasteiger partial charge < -0.3 is 4.74 Å². The molecule has 0 amide bonds. The van der Waals surface area contributed by atoms with Gasteiger partial charge in [0.15, 0.2) is 0 Å². The van der Waals surface area contributed by atoms with Gasteiger partial charge in [-0.15, -0.1) is 0 Å². The lowest BCUT2D eigenvalue weighted by Gasteiger charge is -1.91. The molecule has 0 N–H and O–H groups in total. The summed E-state index contributed by atoms with van der Waals surface area (Å²) in [6, 6.07) is 2.73. The van der Waals surface area contributed by atoms with Crippen LogP contribution in [0.3, 0.4) is 0 Å². The molecule has 1 aromatic rings. The Hall–Kier alpha value is -1.71. The van der Waals surface area contributed by atoms with Crippen molar-refractivity contribution in [3.05, 3.63) is 35.9 Å². The molecule has 0 saturated heterocycles. The third-order valence-corrected chi connectivity index (χ3v) is 1.34. The standard InChI is InChI=1S/C9H8FNO2/c1-13-9(12)5-4-8-3-2-7(10)6-11-8/h2-6H,1H3. The molecule has 0 radical (unpaired) electrons. The van der Waals surface area contributed by atoms with Crippen LogP contribution in [0.4, 0.5) is 4.39 Å². The van der Waals surface area contributed by atoms with E-state index in [2.05, 4.69) is 9.72 Å². The second-order valence-corrected chi connectivity index (χ2v) is 2.26. The van der Waals surface area contributed by atoms with E-state index in [9.17, 15) is 9.18 Å². The van der Waals surface area contributed by atoms with E-state index in [0.717, 1.165) is 6.20 Å². The first-order valence-electron chi connectivity index (χ1n) is 3.60. The molecule has 4 heteroatoms. The average Bonchev–Trinajstić information content (AvgIpc) is 2.16. The molecular weight excluding hydrogens is 173 g/mol. The number of hydrogen-bond acceptors (Lipinski definition) is 3. The van der Waals surface area contributed by atoms with Crippen LogP contribution in [0, 0.1) is 5.82 Å². The van der Waals surface area contributed by atoms with E-state index in [-0.39, 0.29) is 0 Å². The molecular formula is C9H8FNO2. The fourth-order valence-electron chi connectivity index (χ4n) is 0.707. The maximum atomic E-state index is 12.4. The Morgan fingerprint density at radius 2 is 2.38 bits per heavy atom. The zero-order valence-corrected chi connectivity index (χ0v) is 7.03. The number of carbonyl (C=O) groups excluding carboxylic acids is 1. The summed E-state index contributed by atoms with van der Waals surface area (Å²) in [5.41, 5.74) is 0.506. The first kappa shape index (κ1) is 9.38. The van der Waals surface area contributed by atoms with Gasteiger partial charge in [0.25, 0.3) is 0 Å². The molecule has 13 heavy (non-hydrogen) atoms. The minimum atomic E-state index is -0.467. The van der Waals surface area contributed by atoms with E-state index in [0.29, 0.717) is 5.69 Å². The number of pyridine rings is 1. The van der Waals surface area contributed by atoms with E-state index < -0.39 is 11.8 Å². The van der Waals surface area contributed by atoms with Crippen molar-refractivity contribution in [2.45, 2.75) is 0 Å². The zero-order chi connectivity index (χ0) is 9.68. The van der Waals surface area contributed by atoms with Crippen LogP contribution >= 0.6 is 0 Å². The highest BCUT2D eigenvalue weighted by Crippen LogP contribution is 2.00. The molecule has 0 aliphatic rings. The largest absolute Gasteiger partial charge is 0.466 e. The lowest BCUT2D eigenvalue weighted by molar-refractivity contribution is -0.134. The zero-order valence-electron chi connectivity index (χ0n) is 7.03. The highest BCUT2D eigenvalue weighted by atomic mass is 19.1. The van der Waals surface area contributed by atoms with Crippen LogP contribution in [0.1, 0.15) is 5.69 Å². The lowest BCUT2D eigenvalue weighted by atomic mass is 10.3. The van der Waals surface area contributed by atoms with Crippen LogP contribution in [0.5, 0.6) is 0 Å². The molecule has 68 valence electrons. The fraction of sp³-hybridized carbons (Fsp3) is 0.111. The number of carbonyl (C=O) groups is 1. The smallest absolute Gasteiger partial charge is 0.330 e. The molecule has 0 saturated carbocycles.